The first-order valence-corrected chi connectivity index (χ1v) is 3.96. The Morgan fingerprint density at radius 2 is 2.73 bits per heavy atom. The number of hydrogen-bond acceptors (Lipinski definition) is 4. The van der Waals surface area contributed by atoms with Crippen molar-refractivity contribution in [2.24, 2.45) is 0 Å². The maximum atomic E-state index is 10.5. The van der Waals surface area contributed by atoms with Gasteiger partial charge in [0.15, 0.2) is 0 Å². The zero-order chi connectivity index (χ0) is 8.10. The Morgan fingerprint density at radius 1 is 1.91 bits per heavy atom. The fourth-order valence-corrected chi connectivity index (χ4v) is 1.12. The van der Waals surface area contributed by atoms with E-state index in [0.29, 0.717) is 6.54 Å². The average Bonchev–Trinajstić information content (AvgIpc) is 2.52. The number of carbonyl (C=O) groups is 1. The second kappa shape index (κ2) is 3.92. The molecule has 0 saturated carbocycles. The van der Waals surface area contributed by atoms with Crippen LogP contribution in [-0.2, 0) is 11.3 Å². The molecular formula is C6H8N2O2S. The first-order valence-electron chi connectivity index (χ1n) is 3.02. The SMILES string of the molecule is COC(=O)NCc1cscn1. The fraction of sp³-hybridized carbons (Fsp3) is 0.333. The second-order valence-electron chi connectivity index (χ2n) is 1.82. The van der Waals surface area contributed by atoms with E-state index >= 15 is 0 Å². The van der Waals surface area contributed by atoms with Crippen molar-refractivity contribution in [1.29, 1.82) is 0 Å². The zero-order valence-corrected chi connectivity index (χ0v) is 6.85. The maximum Gasteiger partial charge on any atom is 0.407 e. The molecule has 0 radical (unpaired) electrons. The summed E-state index contributed by atoms with van der Waals surface area (Å²) in [6.07, 6.45) is -0.432. The Balaban J connectivity index is 2.29. The lowest BCUT2D eigenvalue weighted by Crippen LogP contribution is -2.22. The van der Waals surface area contributed by atoms with Crippen LogP contribution in [0.2, 0.25) is 0 Å². The molecule has 0 fully saturated rings. The molecule has 11 heavy (non-hydrogen) atoms. The fourth-order valence-electron chi connectivity index (χ4n) is 0.560. The van der Waals surface area contributed by atoms with Crippen LogP contribution in [0, 0.1) is 0 Å². The van der Waals surface area contributed by atoms with E-state index in [-0.39, 0.29) is 0 Å². The molecular weight excluding hydrogens is 164 g/mol. The van der Waals surface area contributed by atoms with E-state index in [1.165, 1.54) is 18.4 Å². The molecule has 0 bridgehead atoms. The van der Waals surface area contributed by atoms with Gasteiger partial charge in [0.25, 0.3) is 0 Å². The Morgan fingerprint density at radius 3 is 3.27 bits per heavy atom. The summed E-state index contributed by atoms with van der Waals surface area (Å²) in [5.41, 5.74) is 2.56. The highest BCUT2D eigenvalue weighted by molar-refractivity contribution is 7.07. The highest BCUT2D eigenvalue weighted by Crippen LogP contribution is 1.99. The van der Waals surface area contributed by atoms with Crippen LogP contribution in [0.25, 0.3) is 0 Å². The van der Waals surface area contributed by atoms with E-state index in [2.05, 4.69) is 15.0 Å². The molecule has 1 amide bonds. The minimum atomic E-state index is -0.432. The summed E-state index contributed by atoms with van der Waals surface area (Å²) >= 11 is 1.50. The van der Waals surface area contributed by atoms with Gasteiger partial charge in [0.1, 0.15) is 0 Å². The lowest BCUT2D eigenvalue weighted by atomic mass is 10.5. The summed E-state index contributed by atoms with van der Waals surface area (Å²) in [6, 6.07) is 0. The van der Waals surface area contributed by atoms with Crippen molar-refractivity contribution < 1.29 is 9.53 Å². The van der Waals surface area contributed by atoms with E-state index in [9.17, 15) is 4.79 Å². The van der Waals surface area contributed by atoms with E-state index in [0.717, 1.165) is 5.69 Å². The van der Waals surface area contributed by atoms with Crippen molar-refractivity contribution in [3.8, 4) is 0 Å². The molecule has 1 heterocycles. The number of amides is 1. The average molecular weight is 172 g/mol. The van der Waals surface area contributed by atoms with Gasteiger partial charge in [-0.3, -0.25) is 0 Å². The lowest BCUT2D eigenvalue weighted by Gasteiger charge is -1.99. The summed E-state index contributed by atoms with van der Waals surface area (Å²) in [7, 11) is 1.33. The van der Waals surface area contributed by atoms with Gasteiger partial charge in [-0.2, -0.15) is 0 Å². The molecule has 0 unspecified atom stereocenters. The van der Waals surface area contributed by atoms with Crippen LogP contribution in [0.4, 0.5) is 4.79 Å². The molecule has 1 N–H and O–H groups in total. The molecule has 0 aromatic carbocycles. The van der Waals surface area contributed by atoms with Crippen molar-refractivity contribution in [3.05, 3.63) is 16.6 Å². The number of carbonyl (C=O) groups excluding carboxylic acids is 1. The summed E-state index contributed by atoms with van der Waals surface area (Å²) < 4.78 is 4.37. The summed E-state index contributed by atoms with van der Waals surface area (Å²) in [5, 5.41) is 4.39. The van der Waals surface area contributed by atoms with Gasteiger partial charge in [-0.15, -0.1) is 11.3 Å². The normalized spacial score (nSPS) is 9.18. The minimum absolute atomic E-state index is 0.427. The first-order chi connectivity index (χ1) is 5.33. The van der Waals surface area contributed by atoms with Crippen LogP contribution >= 0.6 is 11.3 Å². The van der Waals surface area contributed by atoms with Crippen molar-refractivity contribution >= 4 is 17.4 Å². The third kappa shape index (κ3) is 2.55. The summed E-state index contributed by atoms with van der Waals surface area (Å²) in [6.45, 7) is 0.427. The second-order valence-corrected chi connectivity index (χ2v) is 2.54. The number of nitrogens with zero attached hydrogens (tertiary/aromatic N) is 1. The van der Waals surface area contributed by atoms with Gasteiger partial charge in [-0.25, -0.2) is 9.78 Å². The number of ether oxygens (including phenoxy) is 1. The van der Waals surface area contributed by atoms with Gasteiger partial charge in [0.2, 0.25) is 0 Å². The molecule has 60 valence electrons. The predicted molar refractivity (Wildman–Crippen MR) is 41.4 cm³/mol. The molecule has 1 aromatic heterocycles. The van der Waals surface area contributed by atoms with Crippen LogP contribution in [0.1, 0.15) is 5.69 Å². The van der Waals surface area contributed by atoms with Crippen molar-refractivity contribution in [2.45, 2.75) is 6.54 Å². The number of nitrogens with one attached hydrogen (secondary N) is 1. The Labute approximate surface area is 68.2 Å². The predicted octanol–water partition coefficient (Wildman–Crippen LogP) is 0.999. The highest BCUT2D eigenvalue weighted by Gasteiger charge is 1.98. The zero-order valence-electron chi connectivity index (χ0n) is 6.03. The highest BCUT2D eigenvalue weighted by atomic mass is 32.1. The topological polar surface area (TPSA) is 51.2 Å². The van der Waals surface area contributed by atoms with Crippen molar-refractivity contribution in [3.63, 3.8) is 0 Å². The third-order valence-electron chi connectivity index (χ3n) is 1.08. The van der Waals surface area contributed by atoms with Gasteiger partial charge in [0, 0.05) is 5.38 Å². The summed E-state index contributed by atoms with van der Waals surface area (Å²) in [4.78, 5) is 14.5. The molecule has 0 saturated heterocycles. The molecule has 1 rings (SSSR count). The van der Waals surface area contributed by atoms with Crippen LogP contribution in [0.5, 0.6) is 0 Å². The third-order valence-corrected chi connectivity index (χ3v) is 1.72. The van der Waals surface area contributed by atoms with E-state index in [4.69, 9.17) is 0 Å². The molecule has 0 atom stereocenters. The lowest BCUT2D eigenvalue weighted by molar-refractivity contribution is 0.170. The van der Waals surface area contributed by atoms with Crippen molar-refractivity contribution in [1.82, 2.24) is 10.3 Å². The van der Waals surface area contributed by atoms with E-state index < -0.39 is 6.09 Å². The molecule has 0 aliphatic rings. The molecule has 0 aliphatic carbocycles. The quantitative estimate of drug-likeness (QED) is 0.724. The Bertz CT molecular complexity index is 222. The van der Waals surface area contributed by atoms with Gasteiger partial charge < -0.3 is 10.1 Å². The number of rotatable bonds is 2. The summed E-state index contributed by atoms with van der Waals surface area (Å²) in [5.74, 6) is 0. The van der Waals surface area contributed by atoms with Crippen LogP contribution in [0.15, 0.2) is 10.9 Å². The molecule has 0 spiro atoms. The largest absolute Gasteiger partial charge is 0.453 e. The maximum absolute atomic E-state index is 10.5. The monoisotopic (exact) mass is 172 g/mol. The Hall–Kier alpha value is -1.10. The smallest absolute Gasteiger partial charge is 0.407 e. The minimum Gasteiger partial charge on any atom is -0.453 e. The number of hydrogen-bond donors (Lipinski definition) is 1. The Kier molecular flexibility index (Phi) is 2.85. The standard InChI is InChI=1S/C6H8N2O2S/c1-10-6(9)7-2-5-3-11-4-8-5/h3-4H,2H2,1H3,(H,7,9). The molecule has 5 heteroatoms. The van der Waals surface area contributed by atoms with E-state index in [1.807, 2.05) is 5.38 Å². The van der Waals surface area contributed by atoms with Crippen LogP contribution in [-0.4, -0.2) is 18.2 Å². The number of aromatic nitrogens is 1. The van der Waals surface area contributed by atoms with Crippen molar-refractivity contribution in [2.75, 3.05) is 7.11 Å². The van der Waals surface area contributed by atoms with Gasteiger partial charge in [-0.1, -0.05) is 0 Å². The number of methoxy groups -OCH3 is 1. The van der Waals surface area contributed by atoms with Gasteiger partial charge >= 0.3 is 6.09 Å². The number of thiazole rings is 1. The first kappa shape index (κ1) is 8.00. The number of alkyl carbamates (subject to hydrolysis) is 1. The van der Waals surface area contributed by atoms with Gasteiger partial charge in [0.05, 0.1) is 24.9 Å². The van der Waals surface area contributed by atoms with Crippen LogP contribution < -0.4 is 5.32 Å². The van der Waals surface area contributed by atoms with Gasteiger partial charge in [-0.05, 0) is 0 Å². The molecule has 0 aliphatic heterocycles. The van der Waals surface area contributed by atoms with Crippen LogP contribution in [0.3, 0.4) is 0 Å². The van der Waals surface area contributed by atoms with E-state index in [1.54, 1.807) is 5.51 Å². The molecule has 4 nitrogen and oxygen atoms in total. The molecule has 1 aromatic rings.